The summed E-state index contributed by atoms with van der Waals surface area (Å²) in [6.07, 6.45) is 0.753. The van der Waals surface area contributed by atoms with Gasteiger partial charge >= 0.3 is 0 Å². The van der Waals surface area contributed by atoms with Crippen LogP contribution in [0.4, 0.5) is 0 Å². The first kappa shape index (κ1) is 22.5. The van der Waals surface area contributed by atoms with Crippen molar-refractivity contribution in [2.24, 2.45) is 0 Å². The lowest BCUT2D eigenvalue weighted by molar-refractivity contribution is -0.0351. The van der Waals surface area contributed by atoms with Gasteiger partial charge in [0.05, 0.1) is 25.1 Å². The summed E-state index contributed by atoms with van der Waals surface area (Å²) in [5.74, 6) is 0.872. The van der Waals surface area contributed by atoms with E-state index in [0.717, 1.165) is 48.9 Å². The molecule has 0 aliphatic carbocycles. The van der Waals surface area contributed by atoms with Crippen LogP contribution in [0.2, 0.25) is 0 Å². The maximum absolute atomic E-state index is 6.13. The molecule has 1 atom stereocenters. The van der Waals surface area contributed by atoms with E-state index in [-0.39, 0.29) is 6.10 Å². The molecule has 1 aliphatic heterocycles. The molecule has 0 radical (unpaired) electrons. The summed E-state index contributed by atoms with van der Waals surface area (Å²) >= 11 is 0. The lowest BCUT2D eigenvalue weighted by Gasteiger charge is -2.33. The Balaban J connectivity index is 1.46. The van der Waals surface area contributed by atoms with Crippen molar-refractivity contribution >= 4 is 0 Å². The summed E-state index contributed by atoms with van der Waals surface area (Å²) in [4.78, 5) is 7.41. The SMILES string of the molecule is COc1cccc(Cc2cccc([C@@H]3CN(Cc4c(C)nn(C(C)C)c4C)CCO3)n2)c1. The summed E-state index contributed by atoms with van der Waals surface area (Å²) in [5.41, 5.74) is 6.95. The number of nitrogens with zero attached hydrogens (tertiary/aromatic N) is 4. The van der Waals surface area contributed by atoms with Gasteiger partial charge in [0.1, 0.15) is 11.9 Å². The second-order valence-corrected chi connectivity index (χ2v) is 8.86. The van der Waals surface area contributed by atoms with Gasteiger partial charge in [-0.1, -0.05) is 18.2 Å². The molecule has 1 saturated heterocycles. The molecule has 1 aromatic carbocycles. The number of hydrogen-bond donors (Lipinski definition) is 0. The van der Waals surface area contributed by atoms with E-state index in [4.69, 9.17) is 19.6 Å². The maximum Gasteiger partial charge on any atom is 0.119 e. The van der Waals surface area contributed by atoms with Crippen molar-refractivity contribution in [1.82, 2.24) is 19.7 Å². The number of rotatable bonds is 7. The van der Waals surface area contributed by atoms with Crippen LogP contribution in [-0.4, -0.2) is 46.5 Å². The molecule has 6 nitrogen and oxygen atoms in total. The minimum Gasteiger partial charge on any atom is -0.497 e. The van der Waals surface area contributed by atoms with E-state index in [2.05, 4.69) is 67.6 Å². The van der Waals surface area contributed by atoms with E-state index >= 15 is 0 Å². The van der Waals surface area contributed by atoms with E-state index in [9.17, 15) is 0 Å². The Morgan fingerprint density at radius 2 is 1.97 bits per heavy atom. The van der Waals surface area contributed by atoms with Crippen molar-refractivity contribution in [2.75, 3.05) is 26.8 Å². The first-order valence-corrected chi connectivity index (χ1v) is 11.4. The molecule has 0 unspecified atom stereocenters. The van der Waals surface area contributed by atoms with Gasteiger partial charge in [-0.3, -0.25) is 14.6 Å². The highest BCUT2D eigenvalue weighted by Crippen LogP contribution is 2.25. The van der Waals surface area contributed by atoms with Gasteiger partial charge in [-0.15, -0.1) is 0 Å². The number of ether oxygens (including phenoxy) is 2. The summed E-state index contributed by atoms with van der Waals surface area (Å²) in [6.45, 7) is 12.0. The van der Waals surface area contributed by atoms with Gasteiger partial charge in [-0.2, -0.15) is 5.10 Å². The van der Waals surface area contributed by atoms with Gasteiger partial charge in [0, 0.05) is 49.0 Å². The molecule has 170 valence electrons. The smallest absolute Gasteiger partial charge is 0.119 e. The third-order valence-electron chi connectivity index (χ3n) is 6.17. The second-order valence-electron chi connectivity index (χ2n) is 8.86. The highest BCUT2D eigenvalue weighted by Gasteiger charge is 2.25. The van der Waals surface area contributed by atoms with E-state index in [1.165, 1.54) is 16.8 Å². The first-order valence-electron chi connectivity index (χ1n) is 11.4. The lowest BCUT2D eigenvalue weighted by atomic mass is 10.1. The van der Waals surface area contributed by atoms with Crippen LogP contribution in [0, 0.1) is 13.8 Å². The fourth-order valence-corrected chi connectivity index (χ4v) is 4.44. The van der Waals surface area contributed by atoms with Gasteiger partial charge in [0.15, 0.2) is 0 Å². The quantitative estimate of drug-likeness (QED) is 0.542. The molecular formula is C26H34N4O2. The molecule has 2 aromatic heterocycles. The normalized spacial score (nSPS) is 17.1. The van der Waals surface area contributed by atoms with Gasteiger partial charge in [0.2, 0.25) is 0 Å². The third kappa shape index (κ3) is 5.03. The van der Waals surface area contributed by atoms with Crippen LogP contribution in [0.1, 0.15) is 59.9 Å². The Labute approximate surface area is 191 Å². The molecule has 0 saturated carbocycles. The van der Waals surface area contributed by atoms with Crippen molar-refractivity contribution in [3.63, 3.8) is 0 Å². The maximum atomic E-state index is 6.13. The van der Waals surface area contributed by atoms with Crippen LogP contribution in [0.25, 0.3) is 0 Å². The van der Waals surface area contributed by atoms with Crippen LogP contribution in [-0.2, 0) is 17.7 Å². The molecular weight excluding hydrogens is 400 g/mol. The number of methoxy groups -OCH3 is 1. The van der Waals surface area contributed by atoms with Crippen molar-refractivity contribution in [2.45, 2.75) is 52.8 Å². The topological polar surface area (TPSA) is 52.4 Å². The summed E-state index contributed by atoms with van der Waals surface area (Å²) < 4.78 is 13.6. The zero-order valence-corrected chi connectivity index (χ0v) is 19.8. The minimum atomic E-state index is -0.0187. The summed E-state index contributed by atoms with van der Waals surface area (Å²) in [6, 6.07) is 14.8. The molecule has 0 bridgehead atoms. The molecule has 0 amide bonds. The standard InChI is InChI=1S/C26H34N4O2/c1-18(2)30-20(4)24(19(3)28-30)16-29-12-13-32-26(17-29)25-11-7-9-22(27-25)14-21-8-6-10-23(15-21)31-5/h6-11,15,18,26H,12-14,16-17H2,1-5H3/t26-/m0/s1. The molecule has 1 aliphatic rings. The van der Waals surface area contributed by atoms with Gasteiger partial charge < -0.3 is 9.47 Å². The van der Waals surface area contributed by atoms with E-state index < -0.39 is 0 Å². The monoisotopic (exact) mass is 434 g/mol. The van der Waals surface area contributed by atoms with Crippen molar-refractivity contribution in [3.8, 4) is 5.75 Å². The largest absolute Gasteiger partial charge is 0.497 e. The summed E-state index contributed by atoms with van der Waals surface area (Å²) in [5, 5.41) is 4.75. The van der Waals surface area contributed by atoms with Crippen LogP contribution in [0.15, 0.2) is 42.5 Å². The van der Waals surface area contributed by atoms with Gasteiger partial charge in [0.25, 0.3) is 0 Å². The average Bonchev–Trinajstić information content (AvgIpc) is 3.08. The number of benzene rings is 1. The van der Waals surface area contributed by atoms with E-state index in [1.807, 2.05) is 12.1 Å². The lowest BCUT2D eigenvalue weighted by Crippen LogP contribution is -2.38. The molecule has 1 fully saturated rings. The van der Waals surface area contributed by atoms with Crippen LogP contribution < -0.4 is 4.74 Å². The Kier molecular flexibility index (Phi) is 6.92. The molecule has 32 heavy (non-hydrogen) atoms. The fourth-order valence-electron chi connectivity index (χ4n) is 4.44. The molecule has 0 N–H and O–H groups in total. The molecule has 4 rings (SSSR count). The Bertz CT molecular complexity index is 1060. The predicted octanol–water partition coefficient (Wildman–Crippen LogP) is 4.65. The van der Waals surface area contributed by atoms with Crippen LogP contribution >= 0.6 is 0 Å². The molecule has 3 heterocycles. The highest BCUT2D eigenvalue weighted by molar-refractivity contribution is 5.31. The predicted molar refractivity (Wildman–Crippen MR) is 126 cm³/mol. The van der Waals surface area contributed by atoms with E-state index in [1.54, 1.807) is 7.11 Å². The minimum absolute atomic E-state index is 0.0187. The number of pyridine rings is 1. The third-order valence-corrected chi connectivity index (χ3v) is 6.17. The first-order chi connectivity index (χ1) is 15.4. The number of morpholine rings is 1. The van der Waals surface area contributed by atoms with Gasteiger partial charge in [-0.25, -0.2) is 0 Å². The number of aryl methyl sites for hydroxylation is 1. The Morgan fingerprint density at radius 3 is 2.72 bits per heavy atom. The zero-order valence-electron chi connectivity index (χ0n) is 19.8. The fraction of sp³-hybridized carbons (Fsp3) is 0.462. The number of aromatic nitrogens is 3. The van der Waals surface area contributed by atoms with Crippen molar-refractivity contribution in [3.05, 3.63) is 76.4 Å². The molecule has 3 aromatic rings. The Hall–Kier alpha value is -2.70. The second kappa shape index (κ2) is 9.84. The zero-order chi connectivity index (χ0) is 22.7. The molecule has 0 spiro atoms. The van der Waals surface area contributed by atoms with E-state index in [0.29, 0.717) is 12.6 Å². The number of hydrogen-bond acceptors (Lipinski definition) is 5. The average molecular weight is 435 g/mol. The molecule has 6 heteroatoms. The highest BCUT2D eigenvalue weighted by atomic mass is 16.5. The van der Waals surface area contributed by atoms with Crippen LogP contribution in [0.3, 0.4) is 0 Å². The van der Waals surface area contributed by atoms with Gasteiger partial charge in [-0.05, 0) is 57.5 Å². The van der Waals surface area contributed by atoms with Crippen molar-refractivity contribution < 1.29 is 9.47 Å². The van der Waals surface area contributed by atoms with Crippen molar-refractivity contribution in [1.29, 1.82) is 0 Å². The summed E-state index contributed by atoms with van der Waals surface area (Å²) in [7, 11) is 1.70. The van der Waals surface area contributed by atoms with Crippen LogP contribution in [0.5, 0.6) is 5.75 Å². The Morgan fingerprint density at radius 1 is 1.16 bits per heavy atom.